The van der Waals surface area contributed by atoms with Crippen LogP contribution in [-0.2, 0) is 6.42 Å². The number of hydrogen-bond acceptors (Lipinski definition) is 2. The number of anilines is 1. The van der Waals surface area contributed by atoms with Crippen molar-refractivity contribution in [2.45, 2.75) is 30.5 Å². The van der Waals surface area contributed by atoms with Crippen molar-refractivity contribution in [2.75, 3.05) is 5.32 Å². The van der Waals surface area contributed by atoms with Gasteiger partial charge in [0, 0.05) is 10.6 Å². The Morgan fingerprint density at radius 1 is 1.00 bits per heavy atom. The fourth-order valence-electron chi connectivity index (χ4n) is 1.90. The van der Waals surface area contributed by atoms with Crippen molar-refractivity contribution >= 4 is 17.4 Å². The Morgan fingerprint density at radius 2 is 1.67 bits per heavy atom. The Kier molecular flexibility index (Phi) is 4.71. The van der Waals surface area contributed by atoms with Gasteiger partial charge in [-0.05, 0) is 37.1 Å². The smallest absolute Gasteiger partial charge is 0.0740 e. The van der Waals surface area contributed by atoms with E-state index in [1.54, 1.807) is 0 Å². The maximum atomic E-state index is 3.50. The molecule has 0 saturated heterocycles. The van der Waals surface area contributed by atoms with Crippen molar-refractivity contribution < 1.29 is 0 Å². The quantitative estimate of drug-likeness (QED) is 0.610. The number of para-hydroxylation sites is 1. The molecule has 1 N–H and O–H groups in total. The van der Waals surface area contributed by atoms with Crippen LogP contribution in [0.5, 0.6) is 0 Å². The second kappa shape index (κ2) is 6.50. The number of aryl methyl sites for hydroxylation is 1. The molecular formula is C16H19NS. The van der Waals surface area contributed by atoms with Crippen LogP contribution >= 0.6 is 11.8 Å². The Hall–Kier alpha value is -1.41. The average Bonchev–Trinajstić information content (AvgIpc) is 2.40. The SMILES string of the molecule is CCc1ccccc1SC(C)Nc1ccccc1. The third-order valence-corrected chi connectivity index (χ3v) is 3.92. The van der Waals surface area contributed by atoms with Crippen molar-refractivity contribution in [3.05, 3.63) is 60.2 Å². The van der Waals surface area contributed by atoms with Gasteiger partial charge in [0.15, 0.2) is 0 Å². The maximum Gasteiger partial charge on any atom is 0.0740 e. The van der Waals surface area contributed by atoms with E-state index in [1.165, 1.54) is 16.1 Å². The highest BCUT2D eigenvalue weighted by atomic mass is 32.2. The summed E-state index contributed by atoms with van der Waals surface area (Å²) in [6.45, 7) is 4.40. The van der Waals surface area contributed by atoms with Gasteiger partial charge in [0.25, 0.3) is 0 Å². The molecule has 0 aliphatic rings. The standard InChI is InChI=1S/C16H19NS/c1-3-14-9-7-8-12-16(14)18-13(2)17-15-10-5-4-6-11-15/h4-13,17H,3H2,1-2H3. The molecule has 2 aromatic rings. The lowest BCUT2D eigenvalue weighted by Crippen LogP contribution is -2.10. The van der Waals surface area contributed by atoms with Crippen LogP contribution in [0, 0.1) is 0 Å². The van der Waals surface area contributed by atoms with Crippen molar-refractivity contribution in [1.82, 2.24) is 0 Å². The molecule has 0 spiro atoms. The van der Waals surface area contributed by atoms with Gasteiger partial charge >= 0.3 is 0 Å². The summed E-state index contributed by atoms with van der Waals surface area (Å²) in [6.07, 6.45) is 1.08. The van der Waals surface area contributed by atoms with Crippen LogP contribution in [0.4, 0.5) is 5.69 Å². The lowest BCUT2D eigenvalue weighted by molar-refractivity contribution is 1.06. The zero-order valence-corrected chi connectivity index (χ0v) is 11.7. The first-order valence-corrected chi connectivity index (χ1v) is 7.23. The monoisotopic (exact) mass is 257 g/mol. The van der Waals surface area contributed by atoms with E-state index >= 15 is 0 Å². The molecule has 0 amide bonds. The minimum absolute atomic E-state index is 0.361. The summed E-state index contributed by atoms with van der Waals surface area (Å²) in [6, 6.07) is 19.0. The van der Waals surface area contributed by atoms with E-state index in [1.807, 2.05) is 17.8 Å². The van der Waals surface area contributed by atoms with E-state index in [9.17, 15) is 0 Å². The number of thioether (sulfide) groups is 1. The van der Waals surface area contributed by atoms with Gasteiger partial charge in [-0.15, -0.1) is 11.8 Å². The van der Waals surface area contributed by atoms with Gasteiger partial charge < -0.3 is 5.32 Å². The zero-order chi connectivity index (χ0) is 12.8. The molecule has 0 fully saturated rings. The lowest BCUT2D eigenvalue weighted by atomic mass is 10.2. The van der Waals surface area contributed by atoms with Crippen molar-refractivity contribution in [3.63, 3.8) is 0 Å². The molecule has 18 heavy (non-hydrogen) atoms. The number of nitrogens with one attached hydrogen (secondary N) is 1. The molecule has 2 rings (SSSR count). The minimum atomic E-state index is 0.361. The van der Waals surface area contributed by atoms with Crippen LogP contribution in [0.1, 0.15) is 19.4 Å². The second-order valence-electron chi connectivity index (χ2n) is 4.23. The third kappa shape index (κ3) is 3.54. The molecule has 94 valence electrons. The maximum absolute atomic E-state index is 3.50. The van der Waals surface area contributed by atoms with Crippen LogP contribution in [-0.4, -0.2) is 5.37 Å². The molecule has 0 bridgehead atoms. The van der Waals surface area contributed by atoms with Crippen molar-refractivity contribution in [2.24, 2.45) is 0 Å². The predicted molar refractivity (Wildman–Crippen MR) is 81.2 cm³/mol. The topological polar surface area (TPSA) is 12.0 Å². The summed E-state index contributed by atoms with van der Waals surface area (Å²) < 4.78 is 0. The van der Waals surface area contributed by atoms with E-state index in [-0.39, 0.29) is 0 Å². The normalized spacial score (nSPS) is 12.1. The van der Waals surface area contributed by atoms with E-state index in [0.29, 0.717) is 5.37 Å². The fourth-order valence-corrected chi connectivity index (χ4v) is 3.00. The molecule has 1 nitrogen and oxygen atoms in total. The Bertz CT molecular complexity index is 481. The van der Waals surface area contributed by atoms with E-state index in [4.69, 9.17) is 0 Å². The molecule has 0 aromatic heterocycles. The first-order valence-electron chi connectivity index (χ1n) is 6.35. The van der Waals surface area contributed by atoms with Crippen LogP contribution < -0.4 is 5.32 Å². The summed E-state index contributed by atoms with van der Waals surface area (Å²) in [4.78, 5) is 1.37. The Labute approximate surface area is 114 Å². The third-order valence-electron chi connectivity index (χ3n) is 2.80. The molecule has 0 saturated carbocycles. The van der Waals surface area contributed by atoms with Gasteiger partial charge in [0.2, 0.25) is 0 Å². The van der Waals surface area contributed by atoms with Crippen LogP contribution in [0.3, 0.4) is 0 Å². The summed E-state index contributed by atoms with van der Waals surface area (Å²) >= 11 is 1.88. The molecule has 0 aliphatic carbocycles. The first-order chi connectivity index (χ1) is 8.79. The van der Waals surface area contributed by atoms with Crippen LogP contribution in [0.2, 0.25) is 0 Å². The molecule has 1 atom stereocenters. The summed E-state index contributed by atoms with van der Waals surface area (Å²) in [7, 11) is 0. The molecule has 0 radical (unpaired) electrons. The van der Waals surface area contributed by atoms with E-state index < -0.39 is 0 Å². The van der Waals surface area contributed by atoms with Gasteiger partial charge in [0.05, 0.1) is 5.37 Å². The Balaban J connectivity index is 2.01. The summed E-state index contributed by atoms with van der Waals surface area (Å²) in [5.74, 6) is 0. The van der Waals surface area contributed by atoms with Gasteiger partial charge in [-0.25, -0.2) is 0 Å². The largest absolute Gasteiger partial charge is 0.373 e. The lowest BCUT2D eigenvalue weighted by Gasteiger charge is -2.16. The average molecular weight is 257 g/mol. The highest BCUT2D eigenvalue weighted by Gasteiger charge is 2.06. The predicted octanol–water partition coefficient (Wildman–Crippen LogP) is 4.80. The second-order valence-corrected chi connectivity index (χ2v) is 5.61. The fraction of sp³-hybridized carbons (Fsp3) is 0.250. The van der Waals surface area contributed by atoms with E-state index in [2.05, 4.69) is 67.7 Å². The number of benzene rings is 2. The summed E-state index contributed by atoms with van der Waals surface area (Å²) in [5, 5.41) is 3.87. The number of rotatable bonds is 5. The van der Waals surface area contributed by atoms with Crippen molar-refractivity contribution in [3.8, 4) is 0 Å². The van der Waals surface area contributed by atoms with Gasteiger partial charge in [0.1, 0.15) is 0 Å². The first kappa shape index (κ1) is 13.0. The molecule has 0 heterocycles. The van der Waals surface area contributed by atoms with Gasteiger partial charge in [-0.2, -0.15) is 0 Å². The molecule has 2 heteroatoms. The molecule has 2 aromatic carbocycles. The molecular weight excluding hydrogens is 238 g/mol. The molecule has 1 unspecified atom stereocenters. The van der Waals surface area contributed by atoms with E-state index in [0.717, 1.165) is 6.42 Å². The Morgan fingerprint density at radius 3 is 2.39 bits per heavy atom. The molecule has 0 aliphatic heterocycles. The number of hydrogen-bond donors (Lipinski definition) is 1. The van der Waals surface area contributed by atoms with Crippen molar-refractivity contribution in [1.29, 1.82) is 0 Å². The van der Waals surface area contributed by atoms with Gasteiger partial charge in [-0.1, -0.05) is 43.3 Å². The highest BCUT2D eigenvalue weighted by Crippen LogP contribution is 2.27. The van der Waals surface area contributed by atoms with Gasteiger partial charge in [-0.3, -0.25) is 0 Å². The van der Waals surface area contributed by atoms with Crippen LogP contribution in [0.25, 0.3) is 0 Å². The summed E-state index contributed by atoms with van der Waals surface area (Å²) in [5.41, 5.74) is 2.59. The minimum Gasteiger partial charge on any atom is -0.373 e. The zero-order valence-electron chi connectivity index (χ0n) is 10.9. The highest BCUT2D eigenvalue weighted by molar-refractivity contribution is 8.00. The van der Waals surface area contributed by atoms with Crippen LogP contribution in [0.15, 0.2) is 59.5 Å².